The predicted molar refractivity (Wildman–Crippen MR) is 101 cm³/mol. The van der Waals surface area contributed by atoms with Crippen LogP contribution in [0.2, 0.25) is 0 Å². The minimum atomic E-state index is -0.742. The normalized spacial score (nSPS) is 54.7. The van der Waals surface area contributed by atoms with E-state index in [9.17, 15) is 4.79 Å². The fraction of sp³-hybridized carbons (Fsp3) is 0.783. The summed E-state index contributed by atoms with van der Waals surface area (Å²) >= 11 is 0. The van der Waals surface area contributed by atoms with Crippen LogP contribution in [0.15, 0.2) is 23.8 Å². The molecule has 0 aromatic carbocycles. The summed E-state index contributed by atoms with van der Waals surface area (Å²) in [6.45, 7) is 5.85. The minimum Gasteiger partial charge on any atom is -0.350 e. The number of ketones is 1. The lowest BCUT2D eigenvalue weighted by atomic mass is 9.47. The zero-order valence-electron chi connectivity index (χ0n) is 16.9. The zero-order chi connectivity index (χ0) is 19.2. The molecule has 0 aromatic heterocycles. The van der Waals surface area contributed by atoms with Gasteiger partial charge >= 0.3 is 0 Å². The van der Waals surface area contributed by atoms with E-state index in [1.54, 1.807) is 0 Å². The molecule has 28 heavy (non-hydrogen) atoms. The molecule has 2 heterocycles. The van der Waals surface area contributed by atoms with Crippen LogP contribution in [0.1, 0.15) is 52.4 Å². The van der Waals surface area contributed by atoms with Crippen LogP contribution in [-0.2, 0) is 23.7 Å². The molecule has 6 aliphatic rings. The van der Waals surface area contributed by atoms with E-state index in [0.29, 0.717) is 37.6 Å². The van der Waals surface area contributed by atoms with Crippen LogP contribution >= 0.6 is 0 Å². The molecule has 5 nitrogen and oxygen atoms in total. The van der Waals surface area contributed by atoms with Crippen LogP contribution in [0.4, 0.5) is 0 Å². The van der Waals surface area contributed by atoms with Gasteiger partial charge < -0.3 is 18.9 Å². The Morgan fingerprint density at radius 2 is 1.82 bits per heavy atom. The summed E-state index contributed by atoms with van der Waals surface area (Å²) in [6, 6.07) is 0. The highest BCUT2D eigenvalue weighted by Crippen LogP contribution is 2.70. The highest BCUT2D eigenvalue weighted by atomic mass is 16.9. The Bertz CT molecular complexity index is 774. The molecular weight excluding hydrogens is 356 g/mol. The molecular formula is C23H30O5. The van der Waals surface area contributed by atoms with Crippen molar-refractivity contribution in [2.24, 2.45) is 28.6 Å². The van der Waals surface area contributed by atoms with Crippen molar-refractivity contribution >= 4 is 5.78 Å². The third-order valence-electron chi connectivity index (χ3n) is 9.52. The van der Waals surface area contributed by atoms with Gasteiger partial charge in [-0.3, -0.25) is 4.79 Å². The molecule has 152 valence electrons. The monoisotopic (exact) mass is 386 g/mol. The summed E-state index contributed by atoms with van der Waals surface area (Å²) in [6.07, 6.45) is 12.6. The summed E-state index contributed by atoms with van der Waals surface area (Å²) in [5, 5.41) is 0. The lowest BCUT2D eigenvalue weighted by molar-refractivity contribution is -0.246. The first-order chi connectivity index (χ1) is 13.4. The van der Waals surface area contributed by atoms with Gasteiger partial charge in [-0.15, -0.1) is 0 Å². The summed E-state index contributed by atoms with van der Waals surface area (Å²) in [7, 11) is 0. The fourth-order valence-corrected chi connectivity index (χ4v) is 7.98. The van der Waals surface area contributed by atoms with Crippen molar-refractivity contribution in [3.05, 3.63) is 23.8 Å². The van der Waals surface area contributed by atoms with Crippen molar-refractivity contribution in [2.75, 3.05) is 20.2 Å². The number of rotatable bonds is 0. The Hall–Kier alpha value is -1.01. The molecule has 2 saturated carbocycles. The maximum absolute atomic E-state index is 12.0. The molecule has 6 rings (SSSR count). The van der Waals surface area contributed by atoms with Crippen molar-refractivity contribution < 1.29 is 23.7 Å². The molecule has 4 fully saturated rings. The predicted octanol–water partition coefficient (Wildman–Crippen LogP) is 3.74. The molecule has 2 saturated heterocycles. The molecule has 2 aliphatic heterocycles. The van der Waals surface area contributed by atoms with Crippen LogP contribution in [0.5, 0.6) is 0 Å². The smallest absolute Gasteiger partial charge is 0.226 e. The zero-order valence-corrected chi connectivity index (χ0v) is 16.9. The Morgan fingerprint density at radius 3 is 2.64 bits per heavy atom. The van der Waals surface area contributed by atoms with Gasteiger partial charge in [0.05, 0.1) is 0 Å². The van der Waals surface area contributed by atoms with Gasteiger partial charge in [0.15, 0.2) is 19.4 Å². The first-order valence-corrected chi connectivity index (χ1v) is 10.9. The number of hydrogen-bond acceptors (Lipinski definition) is 5. The van der Waals surface area contributed by atoms with Crippen LogP contribution in [-0.4, -0.2) is 37.4 Å². The number of carbonyl (C=O) groups excluding carboxylic acids is 1. The molecule has 0 N–H and O–H groups in total. The average Bonchev–Trinajstić information content (AvgIpc) is 3.37. The Labute approximate surface area is 166 Å². The van der Waals surface area contributed by atoms with E-state index in [1.807, 2.05) is 6.08 Å². The summed E-state index contributed by atoms with van der Waals surface area (Å²) in [5.41, 5.74) is 0.970. The molecule has 5 heteroatoms. The largest absolute Gasteiger partial charge is 0.350 e. The number of ether oxygens (including phenoxy) is 4. The van der Waals surface area contributed by atoms with E-state index in [4.69, 9.17) is 18.9 Å². The van der Waals surface area contributed by atoms with Crippen molar-refractivity contribution in [3.63, 3.8) is 0 Å². The van der Waals surface area contributed by atoms with E-state index in [-0.39, 0.29) is 23.4 Å². The fourth-order valence-electron chi connectivity index (χ4n) is 7.98. The van der Waals surface area contributed by atoms with Crippen molar-refractivity contribution in [1.82, 2.24) is 0 Å². The highest BCUT2D eigenvalue weighted by Gasteiger charge is 2.75. The lowest BCUT2D eigenvalue weighted by Crippen LogP contribution is -2.63. The summed E-state index contributed by atoms with van der Waals surface area (Å²) < 4.78 is 24.2. The topological polar surface area (TPSA) is 54.0 Å². The van der Waals surface area contributed by atoms with Gasteiger partial charge in [-0.1, -0.05) is 26.0 Å². The van der Waals surface area contributed by atoms with Crippen molar-refractivity contribution in [3.8, 4) is 0 Å². The maximum atomic E-state index is 12.0. The van der Waals surface area contributed by atoms with Crippen LogP contribution in [0.25, 0.3) is 0 Å². The van der Waals surface area contributed by atoms with Crippen LogP contribution in [0.3, 0.4) is 0 Å². The van der Waals surface area contributed by atoms with Crippen LogP contribution < -0.4 is 0 Å². The number of carbonyl (C=O) groups is 1. The lowest BCUT2D eigenvalue weighted by Gasteiger charge is -2.58. The molecule has 2 spiro atoms. The second-order valence-corrected chi connectivity index (χ2v) is 10.2. The van der Waals surface area contributed by atoms with E-state index in [2.05, 4.69) is 26.0 Å². The molecule has 0 radical (unpaired) electrons. The van der Waals surface area contributed by atoms with Gasteiger partial charge in [-0.2, -0.15) is 0 Å². The Morgan fingerprint density at radius 1 is 1.00 bits per heavy atom. The number of hydrogen-bond donors (Lipinski definition) is 0. The third kappa shape index (κ3) is 1.90. The van der Waals surface area contributed by atoms with Gasteiger partial charge in [-0.25, -0.2) is 0 Å². The van der Waals surface area contributed by atoms with Gasteiger partial charge in [0.2, 0.25) is 5.79 Å². The molecule has 0 bridgehead atoms. The molecule has 4 aliphatic carbocycles. The molecule has 0 aromatic rings. The minimum absolute atomic E-state index is 0.00473. The highest BCUT2D eigenvalue weighted by molar-refractivity contribution is 5.92. The standard InChI is InChI=1S/C23H30O5/c1-20-8-5-16(24)11-15(20)3-4-17-18(20)6-9-21(2)19(17)7-10-22(21)23(28-14-26-22)12-25-13-27-23/h3-4,11,17-19H,5-10,12-14H2,1-2H3/t17-,18+,19+,20+,21+,22-,23?/m1/s1. The summed E-state index contributed by atoms with van der Waals surface area (Å²) in [5.74, 6) is 1.21. The second-order valence-electron chi connectivity index (χ2n) is 10.2. The van der Waals surface area contributed by atoms with Gasteiger partial charge in [0.25, 0.3) is 0 Å². The van der Waals surface area contributed by atoms with Crippen molar-refractivity contribution in [1.29, 1.82) is 0 Å². The Kier molecular flexibility index (Phi) is 3.54. The average molecular weight is 386 g/mol. The van der Waals surface area contributed by atoms with Gasteiger partial charge in [0, 0.05) is 11.8 Å². The third-order valence-corrected chi connectivity index (χ3v) is 9.52. The number of allylic oxidation sites excluding steroid dienone is 4. The quantitative estimate of drug-likeness (QED) is 0.635. The maximum Gasteiger partial charge on any atom is 0.226 e. The first-order valence-electron chi connectivity index (χ1n) is 10.9. The Balaban J connectivity index is 1.41. The number of fused-ring (bicyclic) bond motifs is 7. The second kappa shape index (κ2) is 5.57. The van der Waals surface area contributed by atoms with E-state index in [1.165, 1.54) is 5.57 Å². The summed E-state index contributed by atoms with van der Waals surface area (Å²) in [4.78, 5) is 12.0. The van der Waals surface area contributed by atoms with Gasteiger partial charge in [-0.05, 0) is 66.9 Å². The molecule has 1 unspecified atom stereocenters. The van der Waals surface area contributed by atoms with E-state index in [0.717, 1.165) is 32.1 Å². The molecule has 7 atom stereocenters. The SMILES string of the molecule is C[C@]12CCC(=O)C=C1C=C[C@@H]1[C@@H]2CC[C@@]2(C)[C@H]1CC[C@@]21OCOC12COCO2. The van der Waals surface area contributed by atoms with Crippen molar-refractivity contribution in [2.45, 2.75) is 63.8 Å². The van der Waals surface area contributed by atoms with Gasteiger partial charge in [0.1, 0.15) is 12.2 Å². The van der Waals surface area contributed by atoms with E-state index < -0.39 is 11.4 Å². The van der Waals surface area contributed by atoms with Crippen LogP contribution in [0, 0.1) is 28.6 Å². The van der Waals surface area contributed by atoms with E-state index >= 15 is 0 Å². The molecule has 0 amide bonds. The first kappa shape index (κ1) is 17.8.